The molecule has 4 heteroatoms. The van der Waals surface area contributed by atoms with Gasteiger partial charge in [0.2, 0.25) is 0 Å². The third kappa shape index (κ3) is 3.30. The van der Waals surface area contributed by atoms with Crippen LogP contribution in [0.25, 0.3) is 0 Å². The highest BCUT2D eigenvalue weighted by molar-refractivity contribution is 5.10. The molecule has 0 spiro atoms. The fourth-order valence-corrected chi connectivity index (χ4v) is 2.40. The molecule has 0 bridgehead atoms. The van der Waals surface area contributed by atoms with Crippen LogP contribution in [-0.4, -0.2) is 29.5 Å². The molecular formula is C13H23N3O. The molecule has 1 aliphatic rings. The summed E-state index contributed by atoms with van der Waals surface area (Å²) in [4.78, 5) is 0. The first-order chi connectivity index (χ1) is 8.33. The van der Waals surface area contributed by atoms with E-state index in [1.807, 2.05) is 6.20 Å². The second kappa shape index (κ2) is 6.17. The lowest BCUT2D eigenvalue weighted by Gasteiger charge is -2.13. The van der Waals surface area contributed by atoms with Gasteiger partial charge in [-0.05, 0) is 19.4 Å². The molecule has 96 valence electrons. The minimum absolute atomic E-state index is 0.438. The van der Waals surface area contributed by atoms with E-state index in [-0.39, 0.29) is 0 Å². The van der Waals surface area contributed by atoms with Crippen LogP contribution in [0, 0.1) is 5.92 Å². The number of rotatable bonds is 6. The molecule has 0 radical (unpaired) electrons. The van der Waals surface area contributed by atoms with E-state index in [9.17, 15) is 0 Å². The third-order valence-corrected chi connectivity index (χ3v) is 3.38. The highest BCUT2D eigenvalue weighted by Crippen LogP contribution is 2.18. The van der Waals surface area contributed by atoms with Crippen molar-refractivity contribution in [2.75, 3.05) is 19.8 Å². The summed E-state index contributed by atoms with van der Waals surface area (Å²) in [5, 5.41) is 7.93. The van der Waals surface area contributed by atoms with Gasteiger partial charge in [-0.15, -0.1) is 0 Å². The van der Waals surface area contributed by atoms with Crippen molar-refractivity contribution >= 4 is 0 Å². The summed E-state index contributed by atoms with van der Waals surface area (Å²) in [5.41, 5.74) is 1.30. The van der Waals surface area contributed by atoms with Crippen molar-refractivity contribution in [1.82, 2.24) is 15.1 Å². The van der Waals surface area contributed by atoms with Crippen molar-refractivity contribution in [2.24, 2.45) is 5.92 Å². The SMILES string of the molecule is CCNC(CC)c1cnn(CC2CCOC2)c1. The average Bonchev–Trinajstić information content (AvgIpc) is 2.98. The van der Waals surface area contributed by atoms with E-state index in [2.05, 4.69) is 35.1 Å². The predicted octanol–water partition coefficient (Wildman–Crippen LogP) is 1.98. The standard InChI is InChI=1S/C13H23N3O/c1-3-13(14-4-2)12-7-15-16(9-12)8-11-5-6-17-10-11/h7,9,11,13-14H,3-6,8,10H2,1-2H3. The van der Waals surface area contributed by atoms with Gasteiger partial charge in [0.05, 0.1) is 12.8 Å². The van der Waals surface area contributed by atoms with Crippen LogP contribution in [0.4, 0.5) is 0 Å². The molecule has 2 rings (SSSR count). The van der Waals surface area contributed by atoms with Gasteiger partial charge in [0.1, 0.15) is 0 Å². The Morgan fingerprint density at radius 2 is 2.47 bits per heavy atom. The molecule has 2 atom stereocenters. The topological polar surface area (TPSA) is 39.1 Å². The zero-order valence-electron chi connectivity index (χ0n) is 10.9. The van der Waals surface area contributed by atoms with Crippen LogP contribution < -0.4 is 5.32 Å². The highest BCUT2D eigenvalue weighted by Gasteiger charge is 2.17. The van der Waals surface area contributed by atoms with Crippen molar-refractivity contribution in [2.45, 2.75) is 39.3 Å². The van der Waals surface area contributed by atoms with Crippen molar-refractivity contribution < 1.29 is 4.74 Å². The first-order valence-electron chi connectivity index (χ1n) is 6.67. The van der Waals surface area contributed by atoms with Crippen LogP contribution in [0.2, 0.25) is 0 Å². The monoisotopic (exact) mass is 237 g/mol. The van der Waals surface area contributed by atoms with Crippen molar-refractivity contribution in [3.8, 4) is 0 Å². The summed E-state index contributed by atoms with van der Waals surface area (Å²) >= 11 is 0. The lowest BCUT2D eigenvalue weighted by Crippen LogP contribution is -2.19. The van der Waals surface area contributed by atoms with Gasteiger partial charge in [-0.25, -0.2) is 0 Å². The first-order valence-corrected chi connectivity index (χ1v) is 6.67. The number of ether oxygens (including phenoxy) is 1. The molecule has 1 N–H and O–H groups in total. The number of hydrogen-bond donors (Lipinski definition) is 1. The van der Waals surface area contributed by atoms with Crippen LogP contribution in [0.5, 0.6) is 0 Å². The quantitative estimate of drug-likeness (QED) is 0.822. The molecule has 1 aliphatic heterocycles. The van der Waals surface area contributed by atoms with Gasteiger partial charge >= 0.3 is 0 Å². The Labute approximate surface area is 103 Å². The summed E-state index contributed by atoms with van der Waals surface area (Å²) in [5.74, 6) is 0.641. The number of nitrogens with zero attached hydrogens (tertiary/aromatic N) is 2. The van der Waals surface area contributed by atoms with Gasteiger partial charge in [-0.2, -0.15) is 5.10 Å². The van der Waals surface area contributed by atoms with Crippen LogP contribution in [-0.2, 0) is 11.3 Å². The number of hydrogen-bond acceptors (Lipinski definition) is 3. The average molecular weight is 237 g/mol. The summed E-state index contributed by atoms with van der Waals surface area (Å²) in [6.07, 6.45) is 6.44. The molecule has 1 aromatic rings. The van der Waals surface area contributed by atoms with Gasteiger partial charge in [0.15, 0.2) is 0 Å². The third-order valence-electron chi connectivity index (χ3n) is 3.38. The van der Waals surface area contributed by atoms with Crippen LogP contribution in [0.3, 0.4) is 0 Å². The Bertz CT molecular complexity index is 331. The molecule has 0 saturated carbocycles. The lowest BCUT2D eigenvalue weighted by atomic mass is 10.1. The molecule has 0 aliphatic carbocycles. The van der Waals surface area contributed by atoms with Crippen LogP contribution in [0.1, 0.15) is 38.3 Å². The molecular weight excluding hydrogens is 214 g/mol. The molecule has 2 heterocycles. The van der Waals surface area contributed by atoms with E-state index in [1.165, 1.54) is 12.0 Å². The van der Waals surface area contributed by atoms with Crippen LogP contribution in [0.15, 0.2) is 12.4 Å². The fraction of sp³-hybridized carbons (Fsp3) is 0.769. The van der Waals surface area contributed by atoms with E-state index < -0.39 is 0 Å². The predicted molar refractivity (Wildman–Crippen MR) is 67.9 cm³/mol. The lowest BCUT2D eigenvalue weighted by molar-refractivity contribution is 0.181. The van der Waals surface area contributed by atoms with Gasteiger partial charge in [-0.3, -0.25) is 4.68 Å². The van der Waals surface area contributed by atoms with E-state index in [4.69, 9.17) is 4.74 Å². The Morgan fingerprint density at radius 3 is 3.12 bits per heavy atom. The van der Waals surface area contributed by atoms with E-state index in [1.54, 1.807) is 0 Å². The van der Waals surface area contributed by atoms with Gasteiger partial charge in [-0.1, -0.05) is 13.8 Å². The molecule has 0 aromatic carbocycles. The van der Waals surface area contributed by atoms with Crippen molar-refractivity contribution in [1.29, 1.82) is 0 Å². The van der Waals surface area contributed by atoms with E-state index in [0.29, 0.717) is 12.0 Å². The maximum atomic E-state index is 5.39. The minimum atomic E-state index is 0.438. The smallest absolute Gasteiger partial charge is 0.0537 e. The Morgan fingerprint density at radius 1 is 1.59 bits per heavy atom. The molecule has 1 fully saturated rings. The highest BCUT2D eigenvalue weighted by atomic mass is 16.5. The zero-order chi connectivity index (χ0) is 12.1. The van der Waals surface area contributed by atoms with Gasteiger partial charge < -0.3 is 10.1 Å². The Hall–Kier alpha value is -0.870. The molecule has 4 nitrogen and oxygen atoms in total. The molecule has 1 saturated heterocycles. The summed E-state index contributed by atoms with van der Waals surface area (Å²) < 4.78 is 7.45. The van der Waals surface area contributed by atoms with Gasteiger partial charge in [0.25, 0.3) is 0 Å². The fourth-order valence-electron chi connectivity index (χ4n) is 2.40. The zero-order valence-corrected chi connectivity index (χ0v) is 10.9. The Balaban J connectivity index is 1.94. The van der Waals surface area contributed by atoms with Gasteiger partial charge in [0, 0.05) is 36.9 Å². The molecule has 17 heavy (non-hydrogen) atoms. The second-order valence-corrected chi connectivity index (χ2v) is 4.74. The Kier molecular flexibility index (Phi) is 4.57. The maximum Gasteiger partial charge on any atom is 0.0537 e. The number of aromatic nitrogens is 2. The summed E-state index contributed by atoms with van der Waals surface area (Å²) in [6.45, 7) is 8.13. The summed E-state index contributed by atoms with van der Waals surface area (Å²) in [7, 11) is 0. The maximum absolute atomic E-state index is 5.39. The van der Waals surface area contributed by atoms with Crippen molar-refractivity contribution in [3.63, 3.8) is 0 Å². The molecule has 0 amide bonds. The number of nitrogens with one attached hydrogen (secondary N) is 1. The largest absolute Gasteiger partial charge is 0.381 e. The van der Waals surface area contributed by atoms with Crippen LogP contribution >= 0.6 is 0 Å². The molecule has 1 aromatic heterocycles. The molecule has 2 unspecified atom stereocenters. The first kappa shape index (κ1) is 12.6. The van der Waals surface area contributed by atoms with E-state index in [0.717, 1.165) is 32.7 Å². The minimum Gasteiger partial charge on any atom is -0.381 e. The van der Waals surface area contributed by atoms with E-state index >= 15 is 0 Å². The second-order valence-electron chi connectivity index (χ2n) is 4.74. The summed E-state index contributed by atoms with van der Waals surface area (Å²) in [6, 6.07) is 0.438. The normalized spacial score (nSPS) is 21.9. The van der Waals surface area contributed by atoms with Crippen molar-refractivity contribution in [3.05, 3.63) is 18.0 Å².